The summed E-state index contributed by atoms with van der Waals surface area (Å²) in [4.78, 5) is 16.1. The highest BCUT2D eigenvalue weighted by molar-refractivity contribution is 5.80. The molecule has 18 heavy (non-hydrogen) atoms. The SMILES string of the molecule is CC(C(=O)NC1CCCCC1)n1cnc(CN)n1. The molecule has 1 aliphatic rings. The summed E-state index contributed by atoms with van der Waals surface area (Å²) in [6.07, 6.45) is 7.44. The molecule has 0 saturated heterocycles. The molecular weight excluding hydrogens is 230 g/mol. The highest BCUT2D eigenvalue weighted by Crippen LogP contribution is 2.18. The fourth-order valence-corrected chi connectivity index (χ4v) is 2.28. The number of aromatic nitrogens is 3. The van der Waals surface area contributed by atoms with Crippen LogP contribution in [-0.4, -0.2) is 26.7 Å². The lowest BCUT2D eigenvalue weighted by Crippen LogP contribution is -2.40. The summed E-state index contributed by atoms with van der Waals surface area (Å²) < 4.78 is 1.57. The Kier molecular flexibility index (Phi) is 4.30. The Morgan fingerprint density at radius 3 is 2.89 bits per heavy atom. The Morgan fingerprint density at radius 2 is 2.28 bits per heavy atom. The molecule has 1 atom stereocenters. The molecule has 1 heterocycles. The number of hydrogen-bond acceptors (Lipinski definition) is 4. The van der Waals surface area contributed by atoms with E-state index < -0.39 is 0 Å². The largest absolute Gasteiger partial charge is 0.352 e. The highest BCUT2D eigenvalue weighted by atomic mass is 16.2. The van der Waals surface area contributed by atoms with Gasteiger partial charge in [-0.1, -0.05) is 19.3 Å². The third-order valence-electron chi connectivity index (χ3n) is 3.47. The first-order valence-electron chi connectivity index (χ1n) is 6.61. The average Bonchev–Trinajstić information content (AvgIpc) is 2.87. The highest BCUT2D eigenvalue weighted by Gasteiger charge is 2.21. The van der Waals surface area contributed by atoms with Crippen LogP contribution >= 0.6 is 0 Å². The molecule has 0 bridgehead atoms. The van der Waals surface area contributed by atoms with Crippen molar-refractivity contribution in [3.8, 4) is 0 Å². The van der Waals surface area contributed by atoms with Crippen LogP contribution in [0.4, 0.5) is 0 Å². The molecule has 0 aromatic carbocycles. The van der Waals surface area contributed by atoms with E-state index in [1.54, 1.807) is 11.0 Å². The van der Waals surface area contributed by atoms with Crippen molar-refractivity contribution < 1.29 is 4.79 Å². The number of nitrogens with one attached hydrogen (secondary N) is 1. The molecule has 0 aliphatic heterocycles. The van der Waals surface area contributed by atoms with Crippen LogP contribution in [0.25, 0.3) is 0 Å². The number of nitrogens with zero attached hydrogens (tertiary/aromatic N) is 3. The molecule has 1 aromatic rings. The number of hydrogen-bond donors (Lipinski definition) is 2. The maximum Gasteiger partial charge on any atom is 0.244 e. The molecule has 1 saturated carbocycles. The van der Waals surface area contributed by atoms with E-state index in [0.29, 0.717) is 18.4 Å². The van der Waals surface area contributed by atoms with Gasteiger partial charge in [-0.3, -0.25) is 4.79 Å². The van der Waals surface area contributed by atoms with Crippen LogP contribution < -0.4 is 11.1 Å². The van der Waals surface area contributed by atoms with Gasteiger partial charge in [0.1, 0.15) is 12.4 Å². The number of rotatable bonds is 4. The van der Waals surface area contributed by atoms with E-state index in [-0.39, 0.29) is 11.9 Å². The van der Waals surface area contributed by atoms with Crippen molar-refractivity contribution in [2.45, 2.75) is 57.7 Å². The van der Waals surface area contributed by atoms with Crippen molar-refractivity contribution in [2.24, 2.45) is 5.73 Å². The van der Waals surface area contributed by atoms with Crippen LogP contribution in [0.15, 0.2) is 6.33 Å². The lowest BCUT2D eigenvalue weighted by Gasteiger charge is -2.24. The average molecular weight is 251 g/mol. The van der Waals surface area contributed by atoms with Gasteiger partial charge in [-0.2, -0.15) is 5.10 Å². The Labute approximate surface area is 107 Å². The topological polar surface area (TPSA) is 85.8 Å². The lowest BCUT2D eigenvalue weighted by atomic mass is 9.95. The third-order valence-corrected chi connectivity index (χ3v) is 3.47. The van der Waals surface area contributed by atoms with E-state index in [2.05, 4.69) is 15.4 Å². The van der Waals surface area contributed by atoms with E-state index in [1.165, 1.54) is 19.3 Å². The van der Waals surface area contributed by atoms with Gasteiger partial charge in [0.05, 0.1) is 6.54 Å². The summed E-state index contributed by atoms with van der Waals surface area (Å²) in [5.74, 6) is 0.572. The minimum atomic E-state index is -0.334. The van der Waals surface area contributed by atoms with Crippen molar-refractivity contribution >= 4 is 5.91 Å². The van der Waals surface area contributed by atoms with Gasteiger partial charge in [0.2, 0.25) is 5.91 Å². The first-order valence-corrected chi connectivity index (χ1v) is 6.61. The molecule has 1 amide bonds. The first-order chi connectivity index (χ1) is 8.70. The van der Waals surface area contributed by atoms with E-state index in [4.69, 9.17) is 5.73 Å². The smallest absolute Gasteiger partial charge is 0.244 e. The molecule has 1 aromatic heterocycles. The molecule has 1 aliphatic carbocycles. The Morgan fingerprint density at radius 1 is 1.56 bits per heavy atom. The van der Waals surface area contributed by atoms with E-state index in [1.807, 2.05) is 6.92 Å². The molecule has 100 valence electrons. The number of carbonyl (C=O) groups is 1. The Bertz CT molecular complexity index is 397. The minimum absolute atomic E-state index is 0.00960. The van der Waals surface area contributed by atoms with Crippen molar-refractivity contribution in [2.75, 3.05) is 0 Å². The van der Waals surface area contributed by atoms with Crippen LogP contribution in [-0.2, 0) is 11.3 Å². The quantitative estimate of drug-likeness (QED) is 0.826. The summed E-state index contributed by atoms with van der Waals surface area (Å²) in [5.41, 5.74) is 5.45. The summed E-state index contributed by atoms with van der Waals surface area (Å²) >= 11 is 0. The Balaban J connectivity index is 1.91. The van der Waals surface area contributed by atoms with Gasteiger partial charge in [0, 0.05) is 6.04 Å². The molecule has 1 unspecified atom stereocenters. The summed E-state index contributed by atoms with van der Waals surface area (Å²) in [6, 6.07) is -0.00840. The molecule has 6 heteroatoms. The van der Waals surface area contributed by atoms with Gasteiger partial charge in [0.15, 0.2) is 5.82 Å². The van der Waals surface area contributed by atoms with Crippen molar-refractivity contribution in [3.05, 3.63) is 12.2 Å². The standard InChI is InChI=1S/C12H21N5O/c1-9(17-8-14-11(7-13)16-17)12(18)15-10-5-3-2-4-6-10/h8-10H,2-7,13H2,1H3,(H,15,18). The zero-order valence-corrected chi connectivity index (χ0v) is 10.8. The van der Waals surface area contributed by atoms with Gasteiger partial charge < -0.3 is 11.1 Å². The maximum absolute atomic E-state index is 12.1. The number of carbonyl (C=O) groups excluding carboxylic acids is 1. The van der Waals surface area contributed by atoms with Crippen LogP contribution in [0, 0.1) is 0 Å². The maximum atomic E-state index is 12.1. The fourth-order valence-electron chi connectivity index (χ4n) is 2.28. The summed E-state index contributed by atoms with van der Waals surface area (Å²) in [5, 5.41) is 7.25. The van der Waals surface area contributed by atoms with Gasteiger partial charge in [-0.25, -0.2) is 9.67 Å². The number of amides is 1. The minimum Gasteiger partial charge on any atom is -0.352 e. The van der Waals surface area contributed by atoms with Crippen LogP contribution in [0.3, 0.4) is 0 Å². The third kappa shape index (κ3) is 3.07. The van der Waals surface area contributed by atoms with Gasteiger partial charge in [-0.05, 0) is 19.8 Å². The zero-order valence-electron chi connectivity index (χ0n) is 10.8. The first kappa shape index (κ1) is 13.0. The van der Waals surface area contributed by atoms with Crippen LogP contribution in [0.5, 0.6) is 0 Å². The zero-order chi connectivity index (χ0) is 13.0. The second-order valence-corrected chi connectivity index (χ2v) is 4.86. The molecule has 0 spiro atoms. The molecule has 6 nitrogen and oxygen atoms in total. The van der Waals surface area contributed by atoms with E-state index >= 15 is 0 Å². The van der Waals surface area contributed by atoms with Gasteiger partial charge >= 0.3 is 0 Å². The molecule has 2 rings (SSSR count). The monoisotopic (exact) mass is 251 g/mol. The van der Waals surface area contributed by atoms with Crippen LogP contribution in [0.1, 0.15) is 50.9 Å². The van der Waals surface area contributed by atoms with Gasteiger partial charge in [-0.15, -0.1) is 0 Å². The predicted molar refractivity (Wildman–Crippen MR) is 67.6 cm³/mol. The van der Waals surface area contributed by atoms with Crippen LogP contribution in [0.2, 0.25) is 0 Å². The Hall–Kier alpha value is -1.43. The second kappa shape index (κ2) is 5.95. The molecular formula is C12H21N5O. The second-order valence-electron chi connectivity index (χ2n) is 4.86. The molecule has 0 radical (unpaired) electrons. The predicted octanol–water partition coefficient (Wildman–Crippen LogP) is 0.747. The normalized spacial score (nSPS) is 18.6. The van der Waals surface area contributed by atoms with Crippen molar-refractivity contribution in [1.29, 1.82) is 0 Å². The summed E-state index contributed by atoms with van der Waals surface area (Å²) in [6.45, 7) is 2.12. The van der Waals surface area contributed by atoms with E-state index in [0.717, 1.165) is 12.8 Å². The lowest BCUT2D eigenvalue weighted by molar-refractivity contribution is -0.125. The van der Waals surface area contributed by atoms with Crippen molar-refractivity contribution in [1.82, 2.24) is 20.1 Å². The van der Waals surface area contributed by atoms with Crippen molar-refractivity contribution in [3.63, 3.8) is 0 Å². The fraction of sp³-hybridized carbons (Fsp3) is 0.750. The summed E-state index contributed by atoms with van der Waals surface area (Å²) in [7, 11) is 0. The number of nitrogens with two attached hydrogens (primary N) is 1. The van der Waals surface area contributed by atoms with E-state index in [9.17, 15) is 4.79 Å². The molecule has 1 fully saturated rings. The molecule has 3 N–H and O–H groups in total. The van der Waals surface area contributed by atoms with Gasteiger partial charge in [0.25, 0.3) is 0 Å².